The van der Waals surface area contributed by atoms with Gasteiger partial charge in [-0.15, -0.1) is 0 Å². The van der Waals surface area contributed by atoms with Crippen molar-refractivity contribution >= 4 is 11.6 Å². The molecule has 4 heteroatoms. The number of hydrogen-bond donors (Lipinski definition) is 0. The smallest absolute Gasteiger partial charge is 0.169 e. The molecular weight excluding hydrogens is 274 g/mol. The largest absolute Gasteiger partial charge is 0.493 e. The molecule has 0 radical (unpaired) electrons. The van der Waals surface area contributed by atoms with Crippen LogP contribution in [0.25, 0.3) is 0 Å². The van der Waals surface area contributed by atoms with Gasteiger partial charge >= 0.3 is 0 Å². The molecule has 0 saturated heterocycles. The Morgan fingerprint density at radius 3 is 2.55 bits per heavy atom. The van der Waals surface area contributed by atoms with Crippen molar-refractivity contribution in [3.63, 3.8) is 0 Å². The van der Waals surface area contributed by atoms with E-state index in [0.29, 0.717) is 27.8 Å². The van der Waals surface area contributed by atoms with Gasteiger partial charge in [-0.05, 0) is 36.2 Å². The third-order valence-electron chi connectivity index (χ3n) is 2.92. The van der Waals surface area contributed by atoms with Crippen molar-refractivity contribution in [1.82, 2.24) is 0 Å². The molecule has 0 saturated carbocycles. The molecule has 102 valence electrons. The third-order valence-corrected chi connectivity index (χ3v) is 3.16. The second-order valence-corrected chi connectivity index (χ2v) is 4.63. The number of ether oxygens (including phenoxy) is 2. The minimum atomic E-state index is 0.419. The van der Waals surface area contributed by atoms with E-state index in [1.165, 1.54) is 0 Å². The van der Waals surface area contributed by atoms with E-state index in [2.05, 4.69) is 13.0 Å². The summed E-state index contributed by atoms with van der Waals surface area (Å²) in [5.74, 6) is 1.61. The van der Waals surface area contributed by atoms with Crippen LogP contribution >= 0.6 is 11.6 Å². The maximum absolute atomic E-state index is 9.09. The van der Waals surface area contributed by atoms with Crippen molar-refractivity contribution in [3.05, 3.63) is 52.5 Å². The molecule has 2 rings (SSSR count). The van der Waals surface area contributed by atoms with Crippen molar-refractivity contribution in [3.8, 4) is 23.3 Å². The molecular formula is C16H14ClNO2. The topological polar surface area (TPSA) is 42.2 Å². The molecule has 0 N–H and O–H groups in total. The predicted octanol–water partition coefficient (Wildman–Crippen LogP) is 4.57. The molecule has 0 fully saturated rings. The Hall–Kier alpha value is -2.18. The van der Waals surface area contributed by atoms with E-state index >= 15 is 0 Å². The van der Waals surface area contributed by atoms with Crippen LogP contribution in [-0.4, -0.2) is 7.11 Å². The van der Waals surface area contributed by atoms with Crippen LogP contribution in [0.5, 0.6) is 17.2 Å². The molecule has 0 aromatic heterocycles. The first-order valence-electron chi connectivity index (χ1n) is 6.22. The van der Waals surface area contributed by atoms with Crippen LogP contribution in [0, 0.1) is 11.3 Å². The molecule has 0 bridgehead atoms. The number of rotatable bonds is 4. The minimum Gasteiger partial charge on any atom is -0.493 e. The van der Waals surface area contributed by atoms with Crippen molar-refractivity contribution in [2.75, 3.05) is 7.11 Å². The van der Waals surface area contributed by atoms with E-state index in [9.17, 15) is 0 Å². The lowest BCUT2D eigenvalue weighted by Gasteiger charge is -2.12. The summed E-state index contributed by atoms with van der Waals surface area (Å²) in [6, 6.07) is 12.7. The van der Waals surface area contributed by atoms with Crippen molar-refractivity contribution in [2.24, 2.45) is 0 Å². The van der Waals surface area contributed by atoms with Gasteiger partial charge in [-0.1, -0.05) is 24.6 Å². The van der Waals surface area contributed by atoms with E-state index in [1.54, 1.807) is 25.3 Å². The second-order valence-electron chi connectivity index (χ2n) is 4.19. The highest BCUT2D eigenvalue weighted by Crippen LogP contribution is 2.34. The zero-order chi connectivity index (χ0) is 14.5. The Morgan fingerprint density at radius 1 is 1.10 bits per heavy atom. The molecule has 0 unspecified atom stereocenters. The summed E-state index contributed by atoms with van der Waals surface area (Å²) >= 11 is 5.94. The van der Waals surface area contributed by atoms with Gasteiger partial charge < -0.3 is 9.47 Å². The van der Waals surface area contributed by atoms with Gasteiger partial charge in [0.2, 0.25) is 0 Å². The molecule has 20 heavy (non-hydrogen) atoms. The highest BCUT2D eigenvalue weighted by molar-refractivity contribution is 6.30. The SMILES string of the molecule is CCc1ccc(Oc2cc(Cl)ccc2C#N)c(OC)c1. The number of benzene rings is 2. The van der Waals surface area contributed by atoms with Gasteiger partial charge in [-0.3, -0.25) is 0 Å². The zero-order valence-electron chi connectivity index (χ0n) is 11.3. The second kappa shape index (κ2) is 6.31. The average Bonchev–Trinajstić information content (AvgIpc) is 2.48. The first kappa shape index (κ1) is 14.2. The van der Waals surface area contributed by atoms with Crippen molar-refractivity contribution < 1.29 is 9.47 Å². The first-order valence-corrected chi connectivity index (χ1v) is 6.60. The average molecular weight is 288 g/mol. The highest BCUT2D eigenvalue weighted by atomic mass is 35.5. The normalized spacial score (nSPS) is 9.90. The third kappa shape index (κ3) is 3.04. The monoisotopic (exact) mass is 287 g/mol. The molecule has 0 aliphatic heterocycles. The summed E-state index contributed by atoms with van der Waals surface area (Å²) in [4.78, 5) is 0. The van der Waals surface area contributed by atoms with Crippen LogP contribution < -0.4 is 9.47 Å². The van der Waals surface area contributed by atoms with Gasteiger partial charge in [0.15, 0.2) is 11.5 Å². The van der Waals surface area contributed by atoms with Crippen LogP contribution in [0.4, 0.5) is 0 Å². The maximum Gasteiger partial charge on any atom is 0.169 e. The van der Waals surface area contributed by atoms with Gasteiger partial charge in [0.1, 0.15) is 11.8 Å². The lowest BCUT2D eigenvalue weighted by atomic mass is 10.1. The van der Waals surface area contributed by atoms with E-state index in [0.717, 1.165) is 12.0 Å². The predicted molar refractivity (Wildman–Crippen MR) is 78.6 cm³/mol. The van der Waals surface area contributed by atoms with Crippen LogP contribution in [0.2, 0.25) is 5.02 Å². The van der Waals surface area contributed by atoms with E-state index < -0.39 is 0 Å². The number of hydrogen-bond acceptors (Lipinski definition) is 3. The van der Waals surface area contributed by atoms with Gasteiger partial charge in [0, 0.05) is 11.1 Å². The molecule has 2 aromatic carbocycles. The summed E-state index contributed by atoms with van der Waals surface area (Å²) in [6.45, 7) is 2.07. The number of nitrogens with zero attached hydrogens (tertiary/aromatic N) is 1. The van der Waals surface area contributed by atoms with Gasteiger partial charge in [0.25, 0.3) is 0 Å². The molecule has 3 nitrogen and oxygen atoms in total. The van der Waals surface area contributed by atoms with Gasteiger partial charge in [0.05, 0.1) is 12.7 Å². The number of halogens is 1. The lowest BCUT2D eigenvalue weighted by Crippen LogP contribution is -1.93. The molecule has 0 aliphatic rings. The Kier molecular flexibility index (Phi) is 4.49. The molecule has 0 heterocycles. The van der Waals surface area contributed by atoms with Crippen LogP contribution in [0.15, 0.2) is 36.4 Å². The van der Waals surface area contributed by atoms with E-state index in [-0.39, 0.29) is 0 Å². The van der Waals surface area contributed by atoms with E-state index in [1.807, 2.05) is 18.2 Å². The summed E-state index contributed by atoms with van der Waals surface area (Å²) in [6.07, 6.45) is 0.914. The lowest BCUT2D eigenvalue weighted by molar-refractivity contribution is 0.378. The summed E-state index contributed by atoms with van der Waals surface area (Å²) < 4.78 is 11.1. The fourth-order valence-electron chi connectivity index (χ4n) is 1.81. The number of methoxy groups -OCH3 is 1. The van der Waals surface area contributed by atoms with Gasteiger partial charge in [-0.2, -0.15) is 5.26 Å². The summed E-state index contributed by atoms with van der Waals surface area (Å²) in [5.41, 5.74) is 1.58. The fourth-order valence-corrected chi connectivity index (χ4v) is 1.97. The number of nitriles is 1. The molecule has 2 aromatic rings. The van der Waals surface area contributed by atoms with Crippen LogP contribution in [0.3, 0.4) is 0 Å². The molecule has 0 spiro atoms. The molecule has 0 aliphatic carbocycles. The van der Waals surface area contributed by atoms with Crippen molar-refractivity contribution in [1.29, 1.82) is 5.26 Å². The molecule has 0 amide bonds. The maximum atomic E-state index is 9.09. The Bertz CT molecular complexity index is 662. The molecule has 0 atom stereocenters. The fraction of sp³-hybridized carbons (Fsp3) is 0.188. The zero-order valence-corrected chi connectivity index (χ0v) is 12.1. The highest BCUT2D eigenvalue weighted by Gasteiger charge is 2.10. The standard InChI is InChI=1S/C16H14ClNO2/c1-3-11-4-7-14(16(8-11)19-2)20-15-9-13(17)6-5-12(15)10-18/h4-9H,3H2,1-2H3. The number of aryl methyl sites for hydroxylation is 1. The minimum absolute atomic E-state index is 0.419. The Labute approximate surface area is 123 Å². The van der Waals surface area contributed by atoms with Crippen molar-refractivity contribution in [2.45, 2.75) is 13.3 Å². The van der Waals surface area contributed by atoms with Gasteiger partial charge in [-0.25, -0.2) is 0 Å². The summed E-state index contributed by atoms with van der Waals surface area (Å²) in [7, 11) is 1.59. The quantitative estimate of drug-likeness (QED) is 0.827. The van der Waals surface area contributed by atoms with E-state index in [4.69, 9.17) is 26.3 Å². The Balaban J connectivity index is 2.40. The Morgan fingerprint density at radius 2 is 1.90 bits per heavy atom. The first-order chi connectivity index (χ1) is 9.67. The van der Waals surface area contributed by atoms with Crippen LogP contribution in [-0.2, 0) is 6.42 Å². The van der Waals surface area contributed by atoms with Crippen LogP contribution in [0.1, 0.15) is 18.1 Å². The summed E-state index contributed by atoms with van der Waals surface area (Å²) in [5, 5.41) is 9.61.